The molecule has 0 fully saturated rings. The first kappa shape index (κ1) is 15.7. The predicted molar refractivity (Wildman–Crippen MR) is 80.6 cm³/mol. The summed E-state index contributed by atoms with van der Waals surface area (Å²) in [5.74, 6) is 1.55. The fourth-order valence-corrected chi connectivity index (χ4v) is 2.18. The van der Waals surface area contributed by atoms with Crippen LogP contribution in [0.25, 0.3) is 0 Å². The molecule has 0 spiro atoms. The molecule has 0 bridgehead atoms. The number of rotatable bonds is 6. The lowest BCUT2D eigenvalue weighted by Gasteiger charge is -2.17. The number of nitrogens with one attached hydrogen (secondary N) is 1. The molecule has 0 aromatic heterocycles. The summed E-state index contributed by atoms with van der Waals surface area (Å²) in [7, 11) is 1.61. The zero-order valence-electron chi connectivity index (χ0n) is 11.9. The number of nitrogens with two attached hydrogens (primary N) is 1. The molecule has 106 valence electrons. The Labute approximate surface area is 119 Å². The summed E-state index contributed by atoms with van der Waals surface area (Å²) in [6.07, 6.45) is 0. The second-order valence-electron chi connectivity index (χ2n) is 4.79. The maximum absolute atomic E-state index is 11.8. The standard InChI is InChI=1S/C14H22N2O2S/c1-9(2)10(3)16-14(17)8-19-13-7-11(18-4)5-6-12(13)15/h5-7,9-10H,8,15H2,1-4H3,(H,16,17). The number of amides is 1. The Morgan fingerprint density at radius 2 is 2.11 bits per heavy atom. The van der Waals surface area contributed by atoms with Gasteiger partial charge in [0.15, 0.2) is 0 Å². The molecule has 1 atom stereocenters. The van der Waals surface area contributed by atoms with Crippen molar-refractivity contribution in [1.29, 1.82) is 0 Å². The number of thioether (sulfide) groups is 1. The van der Waals surface area contributed by atoms with Crippen LogP contribution in [0.5, 0.6) is 5.75 Å². The fourth-order valence-electron chi connectivity index (χ4n) is 1.37. The van der Waals surface area contributed by atoms with Crippen LogP contribution in [0.15, 0.2) is 23.1 Å². The van der Waals surface area contributed by atoms with Gasteiger partial charge < -0.3 is 15.8 Å². The molecule has 5 heteroatoms. The van der Waals surface area contributed by atoms with Gasteiger partial charge in [0, 0.05) is 16.6 Å². The normalized spacial score (nSPS) is 12.3. The molecule has 1 rings (SSSR count). The topological polar surface area (TPSA) is 64.3 Å². The number of hydrogen-bond donors (Lipinski definition) is 2. The van der Waals surface area contributed by atoms with Gasteiger partial charge in [0.25, 0.3) is 0 Å². The Balaban J connectivity index is 2.54. The molecule has 0 aliphatic heterocycles. The van der Waals surface area contributed by atoms with Crippen LogP contribution in [-0.2, 0) is 4.79 Å². The van der Waals surface area contributed by atoms with Gasteiger partial charge in [-0.05, 0) is 31.0 Å². The summed E-state index contributed by atoms with van der Waals surface area (Å²) in [5.41, 5.74) is 6.53. The van der Waals surface area contributed by atoms with Gasteiger partial charge in [-0.15, -0.1) is 11.8 Å². The molecule has 0 saturated heterocycles. The average Bonchev–Trinajstić information content (AvgIpc) is 2.37. The summed E-state index contributed by atoms with van der Waals surface area (Å²) in [6, 6.07) is 5.62. The Kier molecular flexibility index (Phi) is 6.02. The van der Waals surface area contributed by atoms with Crippen LogP contribution in [0.4, 0.5) is 5.69 Å². The first-order valence-corrected chi connectivity index (χ1v) is 7.28. The number of hydrogen-bond acceptors (Lipinski definition) is 4. The molecule has 19 heavy (non-hydrogen) atoms. The molecule has 0 saturated carbocycles. The van der Waals surface area contributed by atoms with E-state index in [0.717, 1.165) is 10.6 Å². The zero-order valence-corrected chi connectivity index (χ0v) is 12.7. The number of nitrogen functional groups attached to an aromatic ring is 1. The van der Waals surface area contributed by atoms with E-state index >= 15 is 0 Å². The minimum atomic E-state index is 0.0217. The predicted octanol–water partition coefficient (Wildman–Crippen LogP) is 2.53. The van der Waals surface area contributed by atoms with E-state index in [4.69, 9.17) is 10.5 Å². The van der Waals surface area contributed by atoms with Crippen molar-refractivity contribution in [1.82, 2.24) is 5.32 Å². The molecule has 1 unspecified atom stereocenters. The maximum atomic E-state index is 11.8. The van der Waals surface area contributed by atoms with Crippen molar-refractivity contribution < 1.29 is 9.53 Å². The molecule has 0 radical (unpaired) electrons. The van der Waals surface area contributed by atoms with Crippen LogP contribution < -0.4 is 15.8 Å². The van der Waals surface area contributed by atoms with E-state index < -0.39 is 0 Å². The molecule has 3 N–H and O–H groups in total. The second-order valence-corrected chi connectivity index (χ2v) is 5.81. The van der Waals surface area contributed by atoms with E-state index in [-0.39, 0.29) is 11.9 Å². The van der Waals surface area contributed by atoms with Crippen molar-refractivity contribution in [2.24, 2.45) is 5.92 Å². The average molecular weight is 282 g/mol. The van der Waals surface area contributed by atoms with Crippen molar-refractivity contribution >= 4 is 23.4 Å². The minimum absolute atomic E-state index is 0.0217. The van der Waals surface area contributed by atoms with Gasteiger partial charge in [0.1, 0.15) is 5.75 Å². The Morgan fingerprint density at radius 3 is 2.68 bits per heavy atom. The molecule has 0 aliphatic carbocycles. The number of ether oxygens (including phenoxy) is 1. The molecule has 0 aliphatic rings. The highest BCUT2D eigenvalue weighted by molar-refractivity contribution is 8.00. The summed E-state index contributed by atoms with van der Waals surface area (Å²) < 4.78 is 5.14. The molecule has 1 aromatic rings. The van der Waals surface area contributed by atoms with Crippen LogP contribution in [0.1, 0.15) is 20.8 Å². The lowest BCUT2D eigenvalue weighted by molar-refractivity contribution is -0.119. The molecular weight excluding hydrogens is 260 g/mol. The second kappa shape index (κ2) is 7.28. The van der Waals surface area contributed by atoms with Crippen LogP contribution in [0.3, 0.4) is 0 Å². The van der Waals surface area contributed by atoms with E-state index in [1.165, 1.54) is 11.8 Å². The number of carbonyl (C=O) groups is 1. The van der Waals surface area contributed by atoms with Gasteiger partial charge in [-0.2, -0.15) is 0 Å². The third-order valence-electron chi connectivity index (χ3n) is 2.97. The summed E-state index contributed by atoms with van der Waals surface area (Å²) in [4.78, 5) is 12.7. The third kappa shape index (κ3) is 5.03. The van der Waals surface area contributed by atoms with Crippen molar-refractivity contribution in [3.8, 4) is 5.75 Å². The van der Waals surface area contributed by atoms with Crippen molar-refractivity contribution in [3.05, 3.63) is 18.2 Å². The van der Waals surface area contributed by atoms with E-state index in [2.05, 4.69) is 19.2 Å². The number of methoxy groups -OCH3 is 1. The van der Waals surface area contributed by atoms with Crippen molar-refractivity contribution in [3.63, 3.8) is 0 Å². The highest BCUT2D eigenvalue weighted by atomic mass is 32.2. The molecular formula is C14H22N2O2S. The number of benzene rings is 1. The van der Waals surface area contributed by atoms with E-state index in [9.17, 15) is 4.79 Å². The third-order valence-corrected chi connectivity index (χ3v) is 4.04. The molecule has 0 heterocycles. The molecule has 1 aromatic carbocycles. The Bertz CT molecular complexity index is 435. The van der Waals surface area contributed by atoms with Crippen molar-refractivity contribution in [2.45, 2.75) is 31.7 Å². The van der Waals surface area contributed by atoms with Crippen LogP contribution in [0, 0.1) is 5.92 Å². The largest absolute Gasteiger partial charge is 0.497 e. The SMILES string of the molecule is COc1ccc(N)c(SCC(=O)NC(C)C(C)C)c1. The first-order valence-electron chi connectivity index (χ1n) is 6.29. The van der Waals surface area contributed by atoms with Gasteiger partial charge in [0.05, 0.1) is 12.9 Å². The first-order chi connectivity index (χ1) is 8.93. The summed E-state index contributed by atoms with van der Waals surface area (Å²) >= 11 is 1.42. The summed E-state index contributed by atoms with van der Waals surface area (Å²) in [5, 5.41) is 2.97. The van der Waals surface area contributed by atoms with E-state index in [1.54, 1.807) is 19.2 Å². The zero-order chi connectivity index (χ0) is 14.4. The summed E-state index contributed by atoms with van der Waals surface area (Å²) in [6.45, 7) is 6.17. The monoisotopic (exact) mass is 282 g/mol. The van der Waals surface area contributed by atoms with Crippen LogP contribution >= 0.6 is 11.8 Å². The molecule has 4 nitrogen and oxygen atoms in total. The molecule has 1 amide bonds. The van der Waals surface area contributed by atoms with Crippen molar-refractivity contribution in [2.75, 3.05) is 18.6 Å². The Hall–Kier alpha value is -1.36. The minimum Gasteiger partial charge on any atom is -0.497 e. The van der Waals surface area contributed by atoms with Gasteiger partial charge in [-0.1, -0.05) is 13.8 Å². The smallest absolute Gasteiger partial charge is 0.230 e. The van der Waals surface area contributed by atoms with Gasteiger partial charge in [0.2, 0.25) is 5.91 Å². The van der Waals surface area contributed by atoms with Gasteiger partial charge >= 0.3 is 0 Å². The highest BCUT2D eigenvalue weighted by Gasteiger charge is 2.12. The number of anilines is 1. The van der Waals surface area contributed by atoms with Crippen LogP contribution in [-0.4, -0.2) is 24.8 Å². The maximum Gasteiger partial charge on any atom is 0.230 e. The lowest BCUT2D eigenvalue weighted by atomic mass is 10.1. The highest BCUT2D eigenvalue weighted by Crippen LogP contribution is 2.28. The Morgan fingerprint density at radius 1 is 1.42 bits per heavy atom. The number of carbonyl (C=O) groups excluding carboxylic acids is 1. The van der Waals surface area contributed by atoms with Gasteiger partial charge in [-0.3, -0.25) is 4.79 Å². The quantitative estimate of drug-likeness (QED) is 0.621. The van der Waals surface area contributed by atoms with E-state index in [1.807, 2.05) is 13.0 Å². The van der Waals surface area contributed by atoms with E-state index in [0.29, 0.717) is 17.4 Å². The van der Waals surface area contributed by atoms with Gasteiger partial charge in [-0.25, -0.2) is 0 Å². The lowest BCUT2D eigenvalue weighted by Crippen LogP contribution is -2.37. The van der Waals surface area contributed by atoms with Crippen LogP contribution in [0.2, 0.25) is 0 Å². The fraction of sp³-hybridized carbons (Fsp3) is 0.500.